The molecule has 1 saturated heterocycles. The van der Waals surface area contributed by atoms with E-state index in [2.05, 4.69) is 57.2 Å². The van der Waals surface area contributed by atoms with E-state index >= 15 is 0 Å². The molecule has 1 aliphatic heterocycles. The molecule has 0 spiro atoms. The van der Waals surface area contributed by atoms with Crippen LogP contribution in [0.25, 0.3) is 5.69 Å². The first-order valence-electron chi connectivity index (χ1n) is 10.7. The summed E-state index contributed by atoms with van der Waals surface area (Å²) in [5.41, 5.74) is 3.75. The van der Waals surface area contributed by atoms with E-state index in [9.17, 15) is 13.9 Å². The van der Waals surface area contributed by atoms with Crippen LogP contribution in [0.1, 0.15) is 18.1 Å². The summed E-state index contributed by atoms with van der Waals surface area (Å²) in [5, 5.41) is 16.8. The summed E-state index contributed by atoms with van der Waals surface area (Å²) in [6, 6.07) is 9.83. The number of piperazine rings is 1. The fourth-order valence-corrected chi connectivity index (χ4v) is 3.93. The van der Waals surface area contributed by atoms with E-state index < -0.39 is 11.6 Å². The van der Waals surface area contributed by atoms with Crippen molar-refractivity contribution in [1.29, 1.82) is 0 Å². The molecule has 2 aromatic carbocycles. The molecule has 1 atom stereocenters. The molecule has 1 aromatic heterocycles. The molecule has 1 fully saturated rings. The summed E-state index contributed by atoms with van der Waals surface area (Å²) in [7, 11) is 0. The summed E-state index contributed by atoms with van der Waals surface area (Å²) in [6.07, 6.45) is 1.42. The van der Waals surface area contributed by atoms with Crippen LogP contribution < -0.4 is 10.2 Å². The molecule has 2 heterocycles. The highest BCUT2D eigenvalue weighted by Crippen LogP contribution is 2.22. The number of benzene rings is 2. The van der Waals surface area contributed by atoms with Crippen LogP contribution in [0.4, 0.5) is 20.4 Å². The van der Waals surface area contributed by atoms with Crippen molar-refractivity contribution in [3.05, 3.63) is 65.5 Å². The third-order valence-corrected chi connectivity index (χ3v) is 5.93. The molecule has 32 heavy (non-hydrogen) atoms. The van der Waals surface area contributed by atoms with E-state index in [1.54, 1.807) is 0 Å². The van der Waals surface area contributed by atoms with Crippen LogP contribution in [0.2, 0.25) is 0 Å². The average molecular weight is 443 g/mol. The maximum atomic E-state index is 13.4. The Bertz CT molecular complexity index is 1040. The van der Waals surface area contributed by atoms with Crippen molar-refractivity contribution in [3.8, 4) is 5.69 Å². The van der Waals surface area contributed by atoms with Gasteiger partial charge in [-0.2, -0.15) is 0 Å². The van der Waals surface area contributed by atoms with Gasteiger partial charge in [-0.3, -0.25) is 4.90 Å². The fraction of sp³-hybridized carbons (Fsp3) is 0.391. The Morgan fingerprint density at radius 2 is 1.75 bits per heavy atom. The number of halogens is 2. The maximum absolute atomic E-state index is 13.4. The van der Waals surface area contributed by atoms with Crippen molar-refractivity contribution < 1.29 is 13.9 Å². The van der Waals surface area contributed by atoms with Gasteiger partial charge in [0.2, 0.25) is 5.95 Å². The SMILES string of the molecule is Cc1cc(N2CCN(C(C)CO)CC2)ccc1CNc1ncn(-c2cc(F)cc(F)c2)n1. The third kappa shape index (κ3) is 5.05. The first-order chi connectivity index (χ1) is 15.4. The van der Waals surface area contributed by atoms with Gasteiger partial charge in [-0.05, 0) is 49.2 Å². The summed E-state index contributed by atoms with van der Waals surface area (Å²) < 4.78 is 28.2. The highest BCUT2D eigenvalue weighted by molar-refractivity contribution is 5.51. The predicted molar refractivity (Wildman–Crippen MR) is 120 cm³/mol. The van der Waals surface area contributed by atoms with Gasteiger partial charge in [0.25, 0.3) is 0 Å². The Hall–Kier alpha value is -3.04. The second-order valence-corrected chi connectivity index (χ2v) is 8.16. The van der Waals surface area contributed by atoms with Gasteiger partial charge in [-0.1, -0.05) is 6.07 Å². The molecule has 3 aromatic rings. The monoisotopic (exact) mass is 442 g/mol. The highest BCUT2D eigenvalue weighted by Gasteiger charge is 2.21. The molecule has 1 unspecified atom stereocenters. The fourth-order valence-electron chi connectivity index (χ4n) is 3.93. The normalized spacial score (nSPS) is 15.7. The van der Waals surface area contributed by atoms with Crippen LogP contribution in [0, 0.1) is 18.6 Å². The number of rotatable bonds is 7. The van der Waals surface area contributed by atoms with Gasteiger partial charge < -0.3 is 15.3 Å². The smallest absolute Gasteiger partial charge is 0.242 e. The zero-order chi connectivity index (χ0) is 22.7. The number of hydrogen-bond donors (Lipinski definition) is 2. The van der Waals surface area contributed by atoms with Gasteiger partial charge in [-0.15, -0.1) is 5.10 Å². The minimum absolute atomic E-state index is 0.188. The van der Waals surface area contributed by atoms with Crippen molar-refractivity contribution in [2.24, 2.45) is 0 Å². The molecule has 1 aliphatic rings. The number of nitrogens with zero attached hydrogens (tertiary/aromatic N) is 5. The molecule has 0 saturated carbocycles. The lowest BCUT2D eigenvalue weighted by molar-refractivity contribution is 0.128. The molecule has 0 bridgehead atoms. The molecule has 170 valence electrons. The first kappa shape index (κ1) is 22.2. The quantitative estimate of drug-likeness (QED) is 0.586. The van der Waals surface area contributed by atoms with Gasteiger partial charge in [0.15, 0.2) is 0 Å². The topological polar surface area (TPSA) is 69.5 Å². The van der Waals surface area contributed by atoms with Crippen LogP contribution in [0.3, 0.4) is 0 Å². The number of aliphatic hydroxyl groups excluding tert-OH is 1. The minimum Gasteiger partial charge on any atom is -0.395 e. The van der Waals surface area contributed by atoms with Gasteiger partial charge in [0, 0.05) is 50.5 Å². The lowest BCUT2D eigenvalue weighted by Crippen LogP contribution is -2.50. The Morgan fingerprint density at radius 1 is 1.03 bits per heavy atom. The van der Waals surface area contributed by atoms with Gasteiger partial charge in [-0.25, -0.2) is 18.4 Å². The van der Waals surface area contributed by atoms with E-state index in [1.165, 1.54) is 28.8 Å². The number of aliphatic hydroxyl groups is 1. The highest BCUT2D eigenvalue weighted by atomic mass is 19.1. The first-order valence-corrected chi connectivity index (χ1v) is 10.7. The predicted octanol–water partition coefficient (Wildman–Crippen LogP) is 2.97. The van der Waals surface area contributed by atoms with Crippen LogP contribution in [0.5, 0.6) is 0 Å². The Balaban J connectivity index is 1.36. The summed E-state index contributed by atoms with van der Waals surface area (Å²) in [6.45, 7) is 8.60. The minimum atomic E-state index is -0.662. The Labute approximate surface area is 186 Å². The average Bonchev–Trinajstić information content (AvgIpc) is 3.26. The second-order valence-electron chi connectivity index (χ2n) is 8.16. The van der Waals surface area contributed by atoms with Crippen molar-refractivity contribution in [3.63, 3.8) is 0 Å². The summed E-state index contributed by atoms with van der Waals surface area (Å²) in [5.74, 6) is -0.942. The summed E-state index contributed by atoms with van der Waals surface area (Å²) in [4.78, 5) is 8.86. The second kappa shape index (κ2) is 9.62. The van der Waals surface area contributed by atoms with Crippen LogP contribution >= 0.6 is 0 Å². The van der Waals surface area contributed by atoms with E-state index in [0.717, 1.165) is 43.4 Å². The van der Waals surface area contributed by atoms with Crippen molar-refractivity contribution in [2.45, 2.75) is 26.4 Å². The standard InChI is InChI=1S/C23H28F2N6O/c1-16-9-21(30-7-5-29(6-8-30)17(2)14-32)4-3-18(16)13-26-23-27-15-31(28-23)22-11-19(24)10-20(25)12-22/h3-4,9-12,15,17,32H,5-8,13-14H2,1-2H3,(H,26,28). The summed E-state index contributed by atoms with van der Waals surface area (Å²) >= 11 is 0. The number of hydrogen-bond acceptors (Lipinski definition) is 6. The Kier molecular flexibility index (Phi) is 6.66. The third-order valence-electron chi connectivity index (χ3n) is 5.93. The number of anilines is 2. The molecular formula is C23H28F2N6O. The molecule has 0 aliphatic carbocycles. The van der Waals surface area contributed by atoms with Gasteiger partial charge in [0.05, 0.1) is 12.3 Å². The van der Waals surface area contributed by atoms with Crippen LogP contribution in [0.15, 0.2) is 42.7 Å². The van der Waals surface area contributed by atoms with Crippen LogP contribution in [-0.2, 0) is 6.54 Å². The lowest BCUT2D eigenvalue weighted by Gasteiger charge is -2.38. The van der Waals surface area contributed by atoms with Gasteiger partial charge in [0.1, 0.15) is 18.0 Å². The lowest BCUT2D eigenvalue weighted by atomic mass is 10.1. The van der Waals surface area contributed by atoms with Crippen molar-refractivity contribution in [1.82, 2.24) is 19.7 Å². The largest absolute Gasteiger partial charge is 0.395 e. The zero-order valence-electron chi connectivity index (χ0n) is 18.3. The molecule has 9 heteroatoms. The van der Waals surface area contributed by atoms with E-state index in [0.29, 0.717) is 12.5 Å². The zero-order valence-corrected chi connectivity index (χ0v) is 18.3. The van der Waals surface area contributed by atoms with E-state index in [1.807, 2.05) is 0 Å². The number of nitrogens with one attached hydrogen (secondary N) is 1. The maximum Gasteiger partial charge on any atom is 0.242 e. The number of aromatic nitrogens is 3. The van der Waals surface area contributed by atoms with Crippen molar-refractivity contribution >= 4 is 11.6 Å². The van der Waals surface area contributed by atoms with Crippen LogP contribution in [-0.4, -0.2) is 63.6 Å². The molecular weight excluding hydrogens is 414 g/mol. The van der Waals surface area contributed by atoms with Gasteiger partial charge >= 0.3 is 0 Å². The van der Waals surface area contributed by atoms with Crippen molar-refractivity contribution in [2.75, 3.05) is 43.0 Å². The molecule has 0 amide bonds. The molecule has 4 rings (SSSR count). The molecule has 2 N–H and O–H groups in total. The Morgan fingerprint density at radius 3 is 2.41 bits per heavy atom. The van der Waals surface area contributed by atoms with E-state index in [4.69, 9.17) is 0 Å². The molecule has 7 nitrogen and oxygen atoms in total. The van der Waals surface area contributed by atoms with E-state index in [-0.39, 0.29) is 18.3 Å². The number of aryl methyl sites for hydroxylation is 1. The molecule has 0 radical (unpaired) electrons.